The summed E-state index contributed by atoms with van der Waals surface area (Å²) in [5, 5.41) is 10.5. The summed E-state index contributed by atoms with van der Waals surface area (Å²) in [4.78, 5) is 38.9. The molecule has 0 saturated carbocycles. The highest BCUT2D eigenvalue weighted by molar-refractivity contribution is 7.89. The van der Waals surface area contributed by atoms with E-state index in [4.69, 9.17) is 5.14 Å². The maximum atomic E-state index is 13.0. The Kier molecular flexibility index (Phi) is 7.01. The lowest BCUT2D eigenvalue weighted by Crippen LogP contribution is -2.38. The van der Waals surface area contributed by atoms with Crippen LogP contribution in [0.4, 0.5) is 10.5 Å². The highest BCUT2D eigenvalue weighted by atomic mass is 32.2. The molecule has 1 aliphatic heterocycles. The highest BCUT2D eigenvalue weighted by Crippen LogP contribution is 2.25. The molecule has 4 amide bonds. The number of aryl methyl sites for hydroxylation is 2. The Morgan fingerprint density at radius 1 is 1.08 bits per heavy atom. The Morgan fingerprint density at radius 3 is 2.41 bits per heavy atom. The number of sulfonamides is 1. The number of nitrogens with one attached hydrogen (secondary N) is 2. The molecule has 0 unspecified atom stereocenters. The second-order valence-corrected chi connectivity index (χ2v) is 10.2. The van der Waals surface area contributed by atoms with Crippen LogP contribution in [0.15, 0.2) is 65.2 Å². The molecule has 192 valence electrons. The van der Waals surface area contributed by atoms with Crippen LogP contribution >= 0.6 is 0 Å². The molecule has 37 heavy (non-hydrogen) atoms. The molecule has 0 aliphatic carbocycles. The Bertz CT molecular complexity index is 1540. The molecule has 4 N–H and O–H groups in total. The van der Waals surface area contributed by atoms with Crippen LogP contribution in [0.1, 0.15) is 29.4 Å². The van der Waals surface area contributed by atoms with Crippen LogP contribution in [0.5, 0.6) is 0 Å². The number of amides is 4. The summed E-state index contributed by atoms with van der Waals surface area (Å²) in [5.74, 6) is -1.09. The van der Waals surface area contributed by atoms with Gasteiger partial charge in [0, 0.05) is 22.8 Å². The minimum atomic E-state index is -3.81. The molecular formula is C26H27N5O5S. The van der Waals surface area contributed by atoms with Crippen molar-refractivity contribution in [2.45, 2.75) is 32.1 Å². The second kappa shape index (κ2) is 10.0. The Morgan fingerprint density at radius 2 is 1.76 bits per heavy atom. The van der Waals surface area contributed by atoms with Crippen LogP contribution in [-0.4, -0.2) is 42.3 Å². The fraction of sp³-hybridized carbons (Fsp3) is 0.192. The SMILES string of the molecule is CCc1ccccc1NC(=O)CN1C(=O)N/C(=C/c2cc(C)n(-c3ccc(S(N)(=O)=O)cc3)c2C)C1=O. The maximum absolute atomic E-state index is 13.0. The number of para-hydroxylation sites is 1. The van der Waals surface area contributed by atoms with Gasteiger partial charge in [-0.25, -0.2) is 23.3 Å². The van der Waals surface area contributed by atoms with E-state index in [1.807, 2.05) is 43.5 Å². The van der Waals surface area contributed by atoms with Gasteiger partial charge in [0.2, 0.25) is 15.9 Å². The van der Waals surface area contributed by atoms with Crippen LogP contribution in [0.3, 0.4) is 0 Å². The number of rotatable bonds is 7. The van der Waals surface area contributed by atoms with Crippen molar-refractivity contribution in [3.63, 3.8) is 0 Å². The molecule has 1 fully saturated rings. The van der Waals surface area contributed by atoms with E-state index in [1.54, 1.807) is 30.3 Å². The summed E-state index contributed by atoms with van der Waals surface area (Å²) in [7, 11) is -3.81. The largest absolute Gasteiger partial charge is 0.329 e. The molecule has 11 heteroatoms. The lowest BCUT2D eigenvalue weighted by Gasteiger charge is -2.13. The predicted octanol–water partition coefficient (Wildman–Crippen LogP) is 2.84. The number of nitrogens with zero attached hydrogens (tertiary/aromatic N) is 2. The van der Waals surface area contributed by atoms with Crippen LogP contribution in [0.2, 0.25) is 0 Å². The molecule has 3 aromatic rings. The average molecular weight is 522 g/mol. The Labute approximate surface area is 214 Å². The third kappa shape index (κ3) is 5.32. The summed E-state index contributed by atoms with van der Waals surface area (Å²) < 4.78 is 25.0. The van der Waals surface area contributed by atoms with E-state index >= 15 is 0 Å². The van der Waals surface area contributed by atoms with Gasteiger partial charge in [-0.3, -0.25) is 9.59 Å². The van der Waals surface area contributed by atoms with Crippen molar-refractivity contribution in [3.8, 4) is 5.69 Å². The number of anilines is 1. The van der Waals surface area contributed by atoms with Gasteiger partial charge in [0.25, 0.3) is 5.91 Å². The number of carbonyl (C=O) groups is 3. The Hall–Kier alpha value is -4.22. The van der Waals surface area contributed by atoms with Crippen molar-refractivity contribution in [2.75, 3.05) is 11.9 Å². The molecule has 4 rings (SSSR count). The zero-order chi connectivity index (χ0) is 26.9. The van der Waals surface area contributed by atoms with E-state index < -0.39 is 34.4 Å². The van der Waals surface area contributed by atoms with Gasteiger partial charge in [0.05, 0.1) is 4.90 Å². The van der Waals surface area contributed by atoms with Gasteiger partial charge < -0.3 is 15.2 Å². The fourth-order valence-corrected chi connectivity index (χ4v) is 4.79. The molecule has 10 nitrogen and oxygen atoms in total. The predicted molar refractivity (Wildman–Crippen MR) is 139 cm³/mol. The third-order valence-corrected chi connectivity index (χ3v) is 7.06. The van der Waals surface area contributed by atoms with Crippen LogP contribution in [-0.2, 0) is 26.0 Å². The first-order valence-corrected chi connectivity index (χ1v) is 13.1. The van der Waals surface area contributed by atoms with Gasteiger partial charge in [0.1, 0.15) is 12.2 Å². The quantitative estimate of drug-likeness (QED) is 0.324. The number of hydrogen-bond acceptors (Lipinski definition) is 5. The Balaban J connectivity index is 1.54. The van der Waals surface area contributed by atoms with Crippen LogP contribution in [0.25, 0.3) is 11.8 Å². The van der Waals surface area contributed by atoms with Gasteiger partial charge in [-0.2, -0.15) is 0 Å². The third-order valence-electron chi connectivity index (χ3n) is 6.13. The number of primary sulfonamides is 1. The zero-order valence-corrected chi connectivity index (χ0v) is 21.4. The van der Waals surface area contributed by atoms with E-state index in [0.717, 1.165) is 28.3 Å². The number of imide groups is 1. The molecule has 0 bridgehead atoms. The van der Waals surface area contributed by atoms with Crippen molar-refractivity contribution in [2.24, 2.45) is 5.14 Å². The number of aromatic nitrogens is 1. The molecule has 0 radical (unpaired) electrons. The molecule has 2 aromatic carbocycles. The van der Waals surface area contributed by atoms with Gasteiger partial charge in [0.15, 0.2) is 0 Å². The van der Waals surface area contributed by atoms with E-state index in [1.165, 1.54) is 12.1 Å². The standard InChI is InChI=1S/C26H27N5O5S/c1-4-18-7-5-6-8-22(18)28-24(32)15-30-25(33)23(29-26(30)34)14-19-13-16(2)31(17(19)3)20-9-11-21(12-10-20)37(27,35)36/h5-14H,4,15H2,1-3H3,(H,28,32)(H,29,34)(H2,27,35,36)/b23-14+. The summed E-state index contributed by atoms with van der Waals surface area (Å²) in [5.41, 5.74) is 4.62. The first kappa shape index (κ1) is 25.9. The molecule has 2 heterocycles. The fourth-order valence-electron chi connectivity index (χ4n) is 4.27. The summed E-state index contributed by atoms with van der Waals surface area (Å²) in [6.45, 7) is 5.25. The summed E-state index contributed by atoms with van der Waals surface area (Å²) >= 11 is 0. The van der Waals surface area contributed by atoms with E-state index in [2.05, 4.69) is 10.6 Å². The van der Waals surface area contributed by atoms with Gasteiger partial charge >= 0.3 is 6.03 Å². The minimum Gasteiger partial charge on any atom is -0.324 e. The maximum Gasteiger partial charge on any atom is 0.329 e. The first-order chi connectivity index (χ1) is 17.5. The monoisotopic (exact) mass is 521 g/mol. The van der Waals surface area contributed by atoms with Crippen molar-refractivity contribution < 1.29 is 22.8 Å². The molecule has 0 atom stereocenters. The van der Waals surface area contributed by atoms with Gasteiger partial charge in [-0.15, -0.1) is 0 Å². The van der Waals surface area contributed by atoms with Crippen molar-refractivity contribution in [1.82, 2.24) is 14.8 Å². The van der Waals surface area contributed by atoms with E-state index in [-0.39, 0.29) is 10.6 Å². The summed E-state index contributed by atoms with van der Waals surface area (Å²) in [6, 6.07) is 14.6. The van der Waals surface area contributed by atoms with Crippen LogP contribution in [0, 0.1) is 13.8 Å². The van der Waals surface area contributed by atoms with Crippen molar-refractivity contribution >= 4 is 39.6 Å². The van der Waals surface area contributed by atoms with E-state index in [9.17, 15) is 22.8 Å². The average Bonchev–Trinajstić information content (AvgIpc) is 3.27. The topological polar surface area (TPSA) is 144 Å². The highest BCUT2D eigenvalue weighted by Gasteiger charge is 2.35. The summed E-state index contributed by atoms with van der Waals surface area (Å²) in [6.07, 6.45) is 2.28. The second-order valence-electron chi connectivity index (χ2n) is 8.64. The van der Waals surface area contributed by atoms with Crippen molar-refractivity contribution in [3.05, 3.63) is 82.8 Å². The minimum absolute atomic E-state index is 0.00243. The molecule has 0 spiro atoms. The number of carbonyl (C=O) groups excluding carboxylic acids is 3. The molecule has 1 aromatic heterocycles. The molecule has 1 saturated heterocycles. The zero-order valence-electron chi connectivity index (χ0n) is 20.6. The smallest absolute Gasteiger partial charge is 0.324 e. The molecular weight excluding hydrogens is 494 g/mol. The van der Waals surface area contributed by atoms with Crippen molar-refractivity contribution in [1.29, 1.82) is 0 Å². The molecule has 1 aliphatic rings. The number of hydrogen-bond donors (Lipinski definition) is 3. The first-order valence-electron chi connectivity index (χ1n) is 11.5. The lowest BCUT2D eigenvalue weighted by molar-refractivity contribution is -0.127. The normalized spacial score (nSPS) is 14.8. The van der Waals surface area contributed by atoms with E-state index in [0.29, 0.717) is 16.9 Å². The van der Waals surface area contributed by atoms with Gasteiger partial charge in [-0.1, -0.05) is 25.1 Å². The lowest BCUT2D eigenvalue weighted by atomic mass is 10.1. The number of benzene rings is 2. The van der Waals surface area contributed by atoms with Gasteiger partial charge in [-0.05, 0) is 73.9 Å². The number of urea groups is 1. The number of nitrogens with two attached hydrogens (primary N) is 1. The van der Waals surface area contributed by atoms with Crippen LogP contribution < -0.4 is 15.8 Å².